The van der Waals surface area contributed by atoms with Crippen LogP contribution in [0.25, 0.3) is 16.9 Å². The highest BCUT2D eigenvalue weighted by Crippen LogP contribution is 2.31. The van der Waals surface area contributed by atoms with E-state index in [4.69, 9.17) is 15.7 Å². The maximum absolute atomic E-state index is 9.48. The molecule has 168 valence electrons. The zero-order chi connectivity index (χ0) is 22.9. The fourth-order valence-electron chi connectivity index (χ4n) is 4.48. The standard InChI is InChI=1S/C24H27BN6O2/c1-15-11-19-17(13-26)6-3-9-21(19)31(15)24-29-20-8-4-10-27-22(20)23(30-24)28-14-16-5-2-7-18(12-16)25(32)33/h2-3,5-7,9,11-12,27,32-33H,4,8,10,13-14,26H2,1H3,(H,28,29,30). The predicted octanol–water partition coefficient (Wildman–Crippen LogP) is 1.84. The average Bonchev–Trinajstić information content (AvgIpc) is 3.18. The summed E-state index contributed by atoms with van der Waals surface area (Å²) in [4.78, 5) is 9.84. The molecule has 0 amide bonds. The third-order valence-electron chi connectivity index (χ3n) is 6.11. The molecule has 9 heteroatoms. The molecule has 0 atom stereocenters. The van der Waals surface area contributed by atoms with E-state index in [9.17, 15) is 10.0 Å². The minimum Gasteiger partial charge on any atom is -0.423 e. The molecule has 2 aromatic carbocycles. The SMILES string of the molecule is Cc1cc2c(CN)cccc2n1-c1nc2c(c(NCc3cccc(B(O)O)c3)n1)NCCC2. The topological polar surface area (TPSA) is 121 Å². The van der Waals surface area contributed by atoms with Crippen LogP contribution in [0.2, 0.25) is 0 Å². The molecule has 0 saturated carbocycles. The number of nitrogens with zero attached hydrogens (tertiary/aromatic N) is 3. The molecule has 3 heterocycles. The van der Waals surface area contributed by atoms with Crippen LogP contribution >= 0.6 is 0 Å². The molecule has 5 rings (SSSR count). The van der Waals surface area contributed by atoms with Gasteiger partial charge in [-0.2, -0.15) is 4.98 Å². The number of hydrogen-bond donors (Lipinski definition) is 5. The van der Waals surface area contributed by atoms with Crippen LogP contribution in [-0.4, -0.2) is 38.2 Å². The highest BCUT2D eigenvalue weighted by molar-refractivity contribution is 6.58. The largest absolute Gasteiger partial charge is 0.488 e. The lowest BCUT2D eigenvalue weighted by Gasteiger charge is -2.22. The second-order valence-electron chi connectivity index (χ2n) is 8.37. The van der Waals surface area contributed by atoms with Gasteiger partial charge in [0.05, 0.1) is 16.9 Å². The van der Waals surface area contributed by atoms with E-state index >= 15 is 0 Å². The van der Waals surface area contributed by atoms with Gasteiger partial charge in [0.1, 0.15) is 0 Å². The van der Waals surface area contributed by atoms with E-state index in [0.717, 1.165) is 64.3 Å². The van der Waals surface area contributed by atoms with Crippen molar-refractivity contribution < 1.29 is 10.0 Å². The van der Waals surface area contributed by atoms with Crippen LogP contribution in [0.5, 0.6) is 0 Å². The van der Waals surface area contributed by atoms with Crippen molar-refractivity contribution in [3.63, 3.8) is 0 Å². The summed E-state index contributed by atoms with van der Waals surface area (Å²) in [5.74, 6) is 1.36. The average molecular weight is 442 g/mol. The third kappa shape index (κ3) is 4.06. The number of aromatic nitrogens is 3. The van der Waals surface area contributed by atoms with E-state index in [2.05, 4.69) is 34.3 Å². The molecule has 1 aliphatic heterocycles. The molecule has 0 aliphatic carbocycles. The Kier molecular flexibility index (Phi) is 5.76. The Hall–Kier alpha value is -3.40. The molecule has 1 aliphatic rings. The number of rotatable bonds is 6. The summed E-state index contributed by atoms with van der Waals surface area (Å²) in [6, 6.07) is 15.5. The first-order chi connectivity index (χ1) is 16.0. The number of nitrogens with one attached hydrogen (secondary N) is 2. The number of anilines is 2. The number of benzene rings is 2. The van der Waals surface area contributed by atoms with Crippen LogP contribution in [0, 0.1) is 6.92 Å². The molecule has 0 fully saturated rings. The summed E-state index contributed by atoms with van der Waals surface area (Å²) in [6.07, 6.45) is 1.90. The van der Waals surface area contributed by atoms with E-state index in [-0.39, 0.29) is 0 Å². The molecular formula is C24H27BN6O2. The number of nitrogens with two attached hydrogens (primary N) is 1. The van der Waals surface area contributed by atoms with Gasteiger partial charge in [0.25, 0.3) is 0 Å². The van der Waals surface area contributed by atoms with Crippen LogP contribution in [0.1, 0.15) is 28.9 Å². The Morgan fingerprint density at radius 3 is 2.82 bits per heavy atom. The Labute approximate surface area is 192 Å². The summed E-state index contributed by atoms with van der Waals surface area (Å²) in [7, 11) is -1.49. The molecule has 0 spiro atoms. The lowest BCUT2D eigenvalue weighted by Crippen LogP contribution is -2.30. The zero-order valence-electron chi connectivity index (χ0n) is 18.5. The molecule has 0 bridgehead atoms. The third-order valence-corrected chi connectivity index (χ3v) is 6.11. The van der Waals surface area contributed by atoms with Crippen LogP contribution in [-0.2, 0) is 19.5 Å². The Morgan fingerprint density at radius 2 is 2.00 bits per heavy atom. The van der Waals surface area contributed by atoms with Gasteiger partial charge < -0.3 is 26.4 Å². The van der Waals surface area contributed by atoms with Crippen molar-refractivity contribution in [2.24, 2.45) is 5.73 Å². The maximum Gasteiger partial charge on any atom is 0.488 e. The quantitative estimate of drug-likeness (QED) is 0.289. The van der Waals surface area contributed by atoms with Crippen molar-refractivity contribution >= 4 is 35.0 Å². The van der Waals surface area contributed by atoms with Crippen molar-refractivity contribution in [2.75, 3.05) is 17.2 Å². The van der Waals surface area contributed by atoms with Crippen LogP contribution in [0.3, 0.4) is 0 Å². The van der Waals surface area contributed by atoms with Crippen molar-refractivity contribution in [3.8, 4) is 5.95 Å². The van der Waals surface area contributed by atoms with Gasteiger partial charge in [-0.1, -0.05) is 36.4 Å². The zero-order valence-corrected chi connectivity index (χ0v) is 18.5. The molecule has 0 unspecified atom stereocenters. The molecule has 33 heavy (non-hydrogen) atoms. The van der Waals surface area contributed by atoms with Gasteiger partial charge in [-0.25, -0.2) is 4.98 Å². The molecule has 2 aromatic heterocycles. The van der Waals surface area contributed by atoms with Crippen molar-refractivity contribution in [2.45, 2.75) is 32.9 Å². The first-order valence-electron chi connectivity index (χ1n) is 11.2. The van der Waals surface area contributed by atoms with E-state index < -0.39 is 7.12 Å². The molecule has 0 radical (unpaired) electrons. The highest BCUT2D eigenvalue weighted by atomic mass is 16.4. The van der Waals surface area contributed by atoms with Gasteiger partial charge in [-0.15, -0.1) is 0 Å². The van der Waals surface area contributed by atoms with Gasteiger partial charge >= 0.3 is 7.12 Å². The minimum atomic E-state index is -1.49. The van der Waals surface area contributed by atoms with Crippen molar-refractivity contribution in [1.29, 1.82) is 0 Å². The fourth-order valence-corrected chi connectivity index (χ4v) is 4.48. The van der Waals surface area contributed by atoms with Crippen molar-refractivity contribution in [3.05, 3.63) is 71.0 Å². The Bertz CT molecular complexity index is 1320. The molecule has 6 N–H and O–H groups in total. The fraction of sp³-hybridized carbons (Fsp3) is 0.250. The van der Waals surface area contributed by atoms with E-state index in [0.29, 0.717) is 24.5 Å². The van der Waals surface area contributed by atoms with Crippen LogP contribution in [0.4, 0.5) is 11.5 Å². The Morgan fingerprint density at radius 1 is 1.15 bits per heavy atom. The smallest absolute Gasteiger partial charge is 0.423 e. The van der Waals surface area contributed by atoms with Crippen molar-refractivity contribution in [1.82, 2.24) is 14.5 Å². The monoisotopic (exact) mass is 442 g/mol. The summed E-state index contributed by atoms with van der Waals surface area (Å²) in [5.41, 5.74) is 12.5. The summed E-state index contributed by atoms with van der Waals surface area (Å²) < 4.78 is 2.08. The predicted molar refractivity (Wildman–Crippen MR) is 132 cm³/mol. The van der Waals surface area contributed by atoms with Crippen LogP contribution in [0.15, 0.2) is 48.5 Å². The maximum atomic E-state index is 9.48. The van der Waals surface area contributed by atoms with Gasteiger partial charge in [0.15, 0.2) is 5.82 Å². The highest BCUT2D eigenvalue weighted by Gasteiger charge is 2.20. The van der Waals surface area contributed by atoms with Crippen LogP contribution < -0.4 is 21.8 Å². The minimum absolute atomic E-state index is 0.461. The van der Waals surface area contributed by atoms with E-state index in [1.54, 1.807) is 12.1 Å². The molecule has 0 saturated heterocycles. The van der Waals surface area contributed by atoms with E-state index in [1.807, 2.05) is 24.3 Å². The van der Waals surface area contributed by atoms with Gasteiger partial charge in [0, 0.05) is 30.7 Å². The summed E-state index contributed by atoms with van der Waals surface area (Å²) >= 11 is 0. The summed E-state index contributed by atoms with van der Waals surface area (Å²) in [6.45, 7) is 3.90. The Balaban J connectivity index is 1.56. The second kappa shape index (κ2) is 8.86. The molecular weight excluding hydrogens is 415 g/mol. The number of aryl methyl sites for hydroxylation is 2. The summed E-state index contributed by atoms with van der Waals surface area (Å²) in [5, 5.41) is 27.0. The number of hydrogen-bond acceptors (Lipinski definition) is 7. The lowest BCUT2D eigenvalue weighted by molar-refractivity contribution is 0.425. The second-order valence-corrected chi connectivity index (χ2v) is 8.37. The van der Waals surface area contributed by atoms with Gasteiger partial charge in [-0.05, 0) is 48.5 Å². The molecule has 8 nitrogen and oxygen atoms in total. The first-order valence-corrected chi connectivity index (χ1v) is 11.2. The van der Waals surface area contributed by atoms with Gasteiger partial charge in [-0.3, -0.25) is 4.57 Å². The lowest BCUT2D eigenvalue weighted by atomic mass is 9.80. The normalized spacial score (nSPS) is 13.0. The molecule has 4 aromatic rings. The first kappa shape index (κ1) is 21.5. The number of fused-ring (bicyclic) bond motifs is 2. The van der Waals surface area contributed by atoms with E-state index in [1.165, 1.54) is 0 Å². The van der Waals surface area contributed by atoms with Gasteiger partial charge in [0.2, 0.25) is 5.95 Å².